The van der Waals surface area contributed by atoms with E-state index < -0.39 is 9.84 Å². The minimum Gasteiger partial charge on any atom is -0.383 e. The lowest BCUT2D eigenvalue weighted by atomic mass is 10.0. The van der Waals surface area contributed by atoms with Crippen molar-refractivity contribution >= 4 is 9.84 Å². The van der Waals surface area contributed by atoms with Crippen LogP contribution in [0.4, 0.5) is 0 Å². The molecule has 0 N–H and O–H groups in total. The van der Waals surface area contributed by atoms with Crippen molar-refractivity contribution in [3.63, 3.8) is 0 Å². The van der Waals surface area contributed by atoms with Gasteiger partial charge < -0.3 is 9.30 Å². The Kier molecular flexibility index (Phi) is 5.86. The Morgan fingerprint density at radius 2 is 1.91 bits per heavy atom. The predicted molar refractivity (Wildman–Crippen MR) is 90.1 cm³/mol. The van der Waals surface area contributed by atoms with Gasteiger partial charge in [0.15, 0.2) is 0 Å². The summed E-state index contributed by atoms with van der Waals surface area (Å²) in [6.07, 6.45) is 4.13. The normalized spacial score (nSPS) is 17.0. The van der Waals surface area contributed by atoms with Crippen LogP contribution >= 0.6 is 0 Å². The second-order valence-electron chi connectivity index (χ2n) is 7.48. The lowest BCUT2D eigenvalue weighted by molar-refractivity contribution is 0.182. The molecule has 0 aromatic carbocycles. The van der Waals surface area contributed by atoms with E-state index in [0.717, 1.165) is 25.3 Å². The number of rotatable bonds is 7. The topological polar surface area (TPSA) is 64.4 Å². The first-order valence-electron chi connectivity index (χ1n) is 8.21. The summed E-state index contributed by atoms with van der Waals surface area (Å²) in [5.41, 5.74) is 0.655. The van der Waals surface area contributed by atoms with Gasteiger partial charge in [0.2, 0.25) is 15.0 Å². The van der Waals surface area contributed by atoms with Gasteiger partial charge in [-0.25, -0.2) is 13.4 Å². The SMILES string of the molecule is COCCn1c(CN2CCCC2)cnc1S(=O)(=O)CC(C)(C)C. The Hall–Kier alpha value is -0.920. The Morgan fingerprint density at radius 3 is 2.48 bits per heavy atom. The van der Waals surface area contributed by atoms with Gasteiger partial charge in [-0.3, -0.25) is 4.90 Å². The van der Waals surface area contributed by atoms with Crippen molar-refractivity contribution in [2.45, 2.75) is 51.9 Å². The molecule has 1 fully saturated rings. The summed E-state index contributed by atoms with van der Waals surface area (Å²) in [6, 6.07) is 0. The summed E-state index contributed by atoms with van der Waals surface area (Å²) in [6.45, 7) is 9.66. The maximum atomic E-state index is 12.7. The number of methoxy groups -OCH3 is 1. The van der Waals surface area contributed by atoms with Gasteiger partial charge in [0.05, 0.1) is 24.3 Å². The number of likely N-dealkylation sites (tertiary alicyclic amines) is 1. The molecule has 0 atom stereocenters. The number of hydrogen-bond donors (Lipinski definition) is 0. The van der Waals surface area contributed by atoms with Crippen molar-refractivity contribution in [2.24, 2.45) is 5.41 Å². The lowest BCUT2D eigenvalue weighted by Gasteiger charge is -2.20. The molecule has 1 aliphatic rings. The second kappa shape index (κ2) is 7.32. The van der Waals surface area contributed by atoms with E-state index in [9.17, 15) is 8.42 Å². The van der Waals surface area contributed by atoms with Crippen molar-refractivity contribution < 1.29 is 13.2 Å². The number of imidazole rings is 1. The van der Waals surface area contributed by atoms with Crippen LogP contribution in [0.3, 0.4) is 0 Å². The zero-order chi connectivity index (χ0) is 17.1. The molecule has 0 saturated carbocycles. The minimum absolute atomic E-state index is 0.0904. The molecular weight excluding hydrogens is 314 g/mol. The van der Waals surface area contributed by atoms with E-state index in [1.165, 1.54) is 12.8 Å². The van der Waals surface area contributed by atoms with Crippen molar-refractivity contribution in [2.75, 3.05) is 32.6 Å². The van der Waals surface area contributed by atoms with Gasteiger partial charge in [-0.1, -0.05) is 20.8 Å². The zero-order valence-electron chi connectivity index (χ0n) is 14.7. The average molecular weight is 343 g/mol. The van der Waals surface area contributed by atoms with Gasteiger partial charge in [-0.2, -0.15) is 0 Å². The molecule has 1 aromatic heterocycles. The van der Waals surface area contributed by atoms with E-state index in [0.29, 0.717) is 13.2 Å². The van der Waals surface area contributed by atoms with E-state index in [1.807, 2.05) is 25.3 Å². The summed E-state index contributed by atoms with van der Waals surface area (Å²) in [5, 5.41) is 0.179. The van der Waals surface area contributed by atoms with Crippen molar-refractivity contribution in [3.8, 4) is 0 Å². The maximum Gasteiger partial charge on any atom is 0.227 e. The third-order valence-corrected chi connectivity index (χ3v) is 6.03. The number of sulfone groups is 1. The largest absolute Gasteiger partial charge is 0.383 e. The van der Waals surface area contributed by atoms with E-state index >= 15 is 0 Å². The van der Waals surface area contributed by atoms with Crippen LogP contribution in [0.25, 0.3) is 0 Å². The van der Waals surface area contributed by atoms with Crippen LogP contribution in [0.2, 0.25) is 0 Å². The van der Waals surface area contributed by atoms with Crippen LogP contribution in [0.5, 0.6) is 0 Å². The van der Waals surface area contributed by atoms with E-state index in [-0.39, 0.29) is 16.3 Å². The molecular formula is C16H29N3O3S. The molecule has 0 aliphatic carbocycles. The molecule has 2 rings (SSSR count). The van der Waals surface area contributed by atoms with Gasteiger partial charge in [-0.05, 0) is 31.3 Å². The van der Waals surface area contributed by atoms with Gasteiger partial charge in [0.25, 0.3) is 0 Å². The molecule has 0 amide bonds. The highest BCUT2D eigenvalue weighted by atomic mass is 32.2. The Bertz CT molecular complexity index is 611. The van der Waals surface area contributed by atoms with Crippen LogP contribution in [0.15, 0.2) is 11.4 Å². The maximum absolute atomic E-state index is 12.7. The Labute approximate surface area is 139 Å². The van der Waals surface area contributed by atoms with Crippen LogP contribution < -0.4 is 0 Å². The summed E-state index contributed by atoms with van der Waals surface area (Å²) in [5.74, 6) is 0.0904. The summed E-state index contributed by atoms with van der Waals surface area (Å²) < 4.78 is 32.5. The smallest absolute Gasteiger partial charge is 0.227 e. The average Bonchev–Trinajstić information content (AvgIpc) is 3.04. The molecule has 0 unspecified atom stereocenters. The number of ether oxygens (including phenoxy) is 1. The first-order valence-corrected chi connectivity index (χ1v) is 9.87. The Morgan fingerprint density at radius 1 is 1.26 bits per heavy atom. The summed E-state index contributed by atoms with van der Waals surface area (Å²) in [7, 11) is -1.79. The van der Waals surface area contributed by atoms with Crippen molar-refractivity contribution in [3.05, 3.63) is 11.9 Å². The van der Waals surface area contributed by atoms with Crippen LogP contribution in [0.1, 0.15) is 39.3 Å². The molecule has 0 spiro atoms. The van der Waals surface area contributed by atoms with Gasteiger partial charge in [0, 0.05) is 20.2 Å². The molecule has 23 heavy (non-hydrogen) atoms. The molecule has 132 valence electrons. The van der Waals surface area contributed by atoms with Crippen LogP contribution in [-0.2, 0) is 27.7 Å². The van der Waals surface area contributed by atoms with Gasteiger partial charge >= 0.3 is 0 Å². The number of nitrogens with zero attached hydrogens (tertiary/aromatic N) is 3. The van der Waals surface area contributed by atoms with E-state index in [1.54, 1.807) is 13.3 Å². The third kappa shape index (κ3) is 5.02. The highest BCUT2D eigenvalue weighted by Crippen LogP contribution is 2.23. The van der Waals surface area contributed by atoms with Crippen LogP contribution in [-0.4, -0.2) is 55.4 Å². The minimum atomic E-state index is -3.41. The van der Waals surface area contributed by atoms with E-state index in [4.69, 9.17) is 4.74 Å². The lowest BCUT2D eigenvalue weighted by Crippen LogP contribution is -2.26. The van der Waals surface area contributed by atoms with Crippen LogP contribution in [0, 0.1) is 5.41 Å². The molecule has 1 aliphatic heterocycles. The van der Waals surface area contributed by atoms with Gasteiger partial charge in [0.1, 0.15) is 0 Å². The standard InChI is InChI=1S/C16H29N3O3S/c1-16(2,3)13-23(20,21)15-17-11-14(19(15)9-10-22-4)12-18-7-5-6-8-18/h11H,5-10,12-13H2,1-4H3. The molecule has 2 heterocycles. The van der Waals surface area contributed by atoms with Crippen molar-refractivity contribution in [1.82, 2.24) is 14.5 Å². The zero-order valence-corrected chi connectivity index (χ0v) is 15.5. The first-order chi connectivity index (χ1) is 10.7. The number of hydrogen-bond acceptors (Lipinski definition) is 5. The second-order valence-corrected chi connectivity index (χ2v) is 9.36. The molecule has 1 saturated heterocycles. The molecule has 0 bridgehead atoms. The predicted octanol–water partition coefficient (Wildman–Crippen LogP) is 1.95. The fourth-order valence-electron chi connectivity index (χ4n) is 2.99. The monoisotopic (exact) mass is 343 g/mol. The van der Waals surface area contributed by atoms with Crippen molar-refractivity contribution in [1.29, 1.82) is 0 Å². The Balaban J connectivity index is 2.29. The first kappa shape index (κ1) is 18.4. The summed E-state index contributed by atoms with van der Waals surface area (Å²) in [4.78, 5) is 6.61. The van der Waals surface area contributed by atoms with E-state index in [2.05, 4.69) is 9.88 Å². The highest BCUT2D eigenvalue weighted by Gasteiger charge is 2.29. The molecule has 0 radical (unpaired) electrons. The molecule has 6 nitrogen and oxygen atoms in total. The third-order valence-electron chi connectivity index (χ3n) is 3.91. The highest BCUT2D eigenvalue weighted by molar-refractivity contribution is 7.91. The fraction of sp³-hybridized carbons (Fsp3) is 0.812. The number of aromatic nitrogens is 2. The summed E-state index contributed by atoms with van der Waals surface area (Å²) >= 11 is 0. The molecule has 7 heteroatoms. The fourth-order valence-corrected chi connectivity index (χ4v) is 5.02. The van der Waals surface area contributed by atoms with Gasteiger partial charge in [-0.15, -0.1) is 0 Å². The quantitative estimate of drug-likeness (QED) is 0.757. The molecule has 1 aromatic rings.